The molecule has 190 valence electrons. The van der Waals surface area contributed by atoms with Gasteiger partial charge in [0.2, 0.25) is 5.82 Å². The van der Waals surface area contributed by atoms with Gasteiger partial charge in [-0.25, -0.2) is 9.37 Å². The molecule has 2 fully saturated rings. The predicted molar refractivity (Wildman–Crippen MR) is 137 cm³/mol. The molecule has 1 atom stereocenters. The molecule has 2 heterocycles. The molecule has 2 saturated carbocycles. The Morgan fingerprint density at radius 3 is 2.56 bits per heavy atom. The Morgan fingerprint density at radius 2 is 1.89 bits per heavy atom. The molecule has 0 amide bonds. The molecule has 2 aliphatic rings. The summed E-state index contributed by atoms with van der Waals surface area (Å²) in [4.78, 5) is 13.8. The van der Waals surface area contributed by atoms with Crippen molar-refractivity contribution in [1.82, 2.24) is 19.5 Å². The maximum Gasteiger partial charge on any atom is 0.236 e. The number of hydrogen-bond donors (Lipinski definition) is 2. The zero-order valence-corrected chi connectivity index (χ0v) is 21.0. The van der Waals surface area contributed by atoms with Crippen LogP contribution < -0.4 is 5.32 Å². The summed E-state index contributed by atoms with van der Waals surface area (Å²) < 4.78 is 16.9. The van der Waals surface area contributed by atoms with E-state index in [1.54, 1.807) is 18.2 Å². The quantitative estimate of drug-likeness (QED) is 0.417. The van der Waals surface area contributed by atoms with Crippen molar-refractivity contribution in [3.63, 3.8) is 0 Å². The highest BCUT2D eigenvalue weighted by Gasteiger charge is 2.29. The summed E-state index contributed by atoms with van der Waals surface area (Å²) in [6.07, 6.45) is 9.51. The van der Waals surface area contributed by atoms with Crippen molar-refractivity contribution in [3.8, 4) is 6.07 Å². The van der Waals surface area contributed by atoms with Crippen LogP contribution in [0.2, 0.25) is 0 Å². The summed E-state index contributed by atoms with van der Waals surface area (Å²) in [5.74, 6) is 2.15. The number of benzene rings is 1. The lowest BCUT2D eigenvalue weighted by molar-refractivity contribution is 0.253. The van der Waals surface area contributed by atoms with E-state index in [-0.39, 0.29) is 18.2 Å². The normalized spacial score (nSPS) is 21.2. The molecule has 0 bridgehead atoms. The summed E-state index contributed by atoms with van der Waals surface area (Å²) in [5.41, 5.74) is 1.56. The fourth-order valence-corrected chi connectivity index (χ4v) is 5.70. The number of aromatic nitrogens is 4. The highest BCUT2D eigenvalue weighted by Crippen LogP contribution is 2.35. The van der Waals surface area contributed by atoms with E-state index in [2.05, 4.69) is 32.8 Å². The van der Waals surface area contributed by atoms with E-state index in [1.165, 1.54) is 38.2 Å². The van der Waals surface area contributed by atoms with Crippen LogP contribution in [0.1, 0.15) is 81.4 Å². The maximum absolute atomic E-state index is 14.8. The average Bonchev–Trinajstić information content (AvgIpc) is 3.21. The van der Waals surface area contributed by atoms with Crippen LogP contribution >= 0.6 is 0 Å². The van der Waals surface area contributed by atoms with Crippen LogP contribution in [0, 0.1) is 34.9 Å². The van der Waals surface area contributed by atoms with Crippen molar-refractivity contribution >= 4 is 17.0 Å². The number of nitrogens with one attached hydrogen (secondary N) is 1. The first kappa shape index (κ1) is 24.6. The van der Waals surface area contributed by atoms with Gasteiger partial charge >= 0.3 is 0 Å². The second-order valence-corrected chi connectivity index (χ2v) is 10.7. The van der Waals surface area contributed by atoms with Crippen LogP contribution in [-0.4, -0.2) is 37.8 Å². The molecule has 2 N–H and O–H groups in total. The van der Waals surface area contributed by atoms with Crippen molar-refractivity contribution in [2.75, 3.05) is 18.5 Å². The summed E-state index contributed by atoms with van der Waals surface area (Å²) in [6, 6.07) is 8.59. The fourth-order valence-electron chi connectivity index (χ4n) is 5.70. The number of aliphatic hydroxyl groups excluding tert-OH is 1. The SMILES string of the molecule is CC1CCC(Cn2c([C@H](CO)c3ccccc3F)nc3nc(C#N)nc(NCCC4CCC4)c32)CC1. The molecule has 2 aromatic heterocycles. The van der Waals surface area contributed by atoms with Crippen molar-refractivity contribution in [2.45, 2.75) is 70.8 Å². The zero-order chi connectivity index (χ0) is 25.1. The molecule has 0 spiro atoms. The summed E-state index contributed by atoms with van der Waals surface area (Å²) in [6.45, 7) is 3.49. The Kier molecular flexibility index (Phi) is 7.47. The van der Waals surface area contributed by atoms with Crippen LogP contribution in [-0.2, 0) is 6.54 Å². The largest absolute Gasteiger partial charge is 0.395 e. The van der Waals surface area contributed by atoms with E-state index < -0.39 is 5.92 Å². The molecule has 2 aliphatic carbocycles. The van der Waals surface area contributed by atoms with Gasteiger partial charge in [-0.05, 0) is 43.1 Å². The monoisotopic (exact) mass is 490 g/mol. The number of nitrogens with zero attached hydrogens (tertiary/aromatic N) is 5. The van der Waals surface area contributed by atoms with Gasteiger partial charge in [0.1, 0.15) is 23.2 Å². The molecule has 0 radical (unpaired) electrons. The smallest absolute Gasteiger partial charge is 0.236 e. The van der Waals surface area contributed by atoms with Crippen LogP contribution in [0.15, 0.2) is 24.3 Å². The van der Waals surface area contributed by atoms with Crippen molar-refractivity contribution in [1.29, 1.82) is 5.26 Å². The molecule has 8 heteroatoms. The van der Waals surface area contributed by atoms with Gasteiger partial charge in [-0.1, -0.05) is 57.2 Å². The van der Waals surface area contributed by atoms with Crippen molar-refractivity contribution in [3.05, 3.63) is 47.3 Å². The molecule has 7 nitrogen and oxygen atoms in total. The Morgan fingerprint density at radius 1 is 1.11 bits per heavy atom. The van der Waals surface area contributed by atoms with E-state index >= 15 is 0 Å². The number of imidazole rings is 1. The van der Waals surface area contributed by atoms with E-state index in [0.29, 0.717) is 35.3 Å². The number of aliphatic hydroxyl groups is 1. The second-order valence-electron chi connectivity index (χ2n) is 10.7. The van der Waals surface area contributed by atoms with Gasteiger partial charge in [0, 0.05) is 18.7 Å². The van der Waals surface area contributed by atoms with Gasteiger partial charge in [0.05, 0.1) is 12.5 Å². The van der Waals surface area contributed by atoms with Gasteiger partial charge in [-0.2, -0.15) is 15.2 Å². The lowest BCUT2D eigenvalue weighted by atomic mass is 9.83. The van der Waals surface area contributed by atoms with Gasteiger partial charge < -0.3 is 15.0 Å². The number of fused-ring (bicyclic) bond motifs is 1. The number of hydrogen-bond acceptors (Lipinski definition) is 6. The van der Waals surface area contributed by atoms with Crippen LogP contribution in [0.25, 0.3) is 11.2 Å². The molecule has 0 unspecified atom stereocenters. The third kappa shape index (κ3) is 5.08. The Hall–Kier alpha value is -3.05. The minimum absolute atomic E-state index is 0.0581. The van der Waals surface area contributed by atoms with E-state index in [9.17, 15) is 14.8 Å². The lowest BCUT2D eigenvalue weighted by Gasteiger charge is -2.28. The standard InChI is InChI=1S/C28H35FN6O/c1-18-9-11-20(12-10-18)16-35-25-26(31-14-13-19-5-4-6-19)32-24(15-30)33-27(25)34-28(35)22(17-36)21-7-2-3-8-23(21)29/h2-3,7-8,18-20,22,36H,4-6,9-14,16-17H2,1H3,(H,31,32,33)/t18?,20?,22-/m1/s1. The molecule has 36 heavy (non-hydrogen) atoms. The topological polar surface area (TPSA) is 99.6 Å². The van der Waals surface area contributed by atoms with Crippen LogP contribution in [0.3, 0.4) is 0 Å². The Balaban J connectivity index is 1.59. The first-order valence-corrected chi connectivity index (χ1v) is 13.3. The molecule has 1 aromatic carbocycles. The van der Waals surface area contributed by atoms with E-state index in [4.69, 9.17) is 4.98 Å². The Labute approximate surface area is 211 Å². The summed E-state index contributed by atoms with van der Waals surface area (Å²) >= 11 is 0. The molecule has 5 rings (SSSR count). The van der Waals surface area contributed by atoms with Gasteiger partial charge in [-0.15, -0.1) is 0 Å². The van der Waals surface area contributed by atoms with Crippen molar-refractivity contribution in [2.24, 2.45) is 17.8 Å². The minimum Gasteiger partial charge on any atom is -0.395 e. The molecule has 3 aromatic rings. The average molecular weight is 491 g/mol. The van der Waals surface area contributed by atoms with Gasteiger partial charge in [0.25, 0.3) is 0 Å². The molecule has 0 aliphatic heterocycles. The highest BCUT2D eigenvalue weighted by molar-refractivity contribution is 5.84. The first-order chi connectivity index (χ1) is 17.6. The maximum atomic E-state index is 14.8. The number of rotatable bonds is 9. The third-order valence-corrected chi connectivity index (χ3v) is 8.15. The third-order valence-electron chi connectivity index (χ3n) is 8.15. The molecular formula is C28H35FN6O. The van der Waals surface area contributed by atoms with Crippen molar-refractivity contribution < 1.29 is 9.50 Å². The Bertz CT molecular complexity index is 1240. The first-order valence-electron chi connectivity index (χ1n) is 13.3. The summed E-state index contributed by atoms with van der Waals surface area (Å²) in [7, 11) is 0. The summed E-state index contributed by atoms with van der Waals surface area (Å²) in [5, 5.41) is 23.5. The van der Waals surface area contributed by atoms with E-state index in [1.807, 2.05) is 0 Å². The minimum atomic E-state index is -0.642. The zero-order valence-electron chi connectivity index (χ0n) is 21.0. The van der Waals surface area contributed by atoms with E-state index in [0.717, 1.165) is 43.2 Å². The highest BCUT2D eigenvalue weighted by atomic mass is 19.1. The van der Waals surface area contributed by atoms with Crippen LogP contribution in [0.5, 0.6) is 0 Å². The lowest BCUT2D eigenvalue weighted by Crippen LogP contribution is -2.22. The predicted octanol–water partition coefficient (Wildman–Crippen LogP) is 5.39. The molecule has 0 saturated heterocycles. The molecular weight excluding hydrogens is 455 g/mol. The number of nitriles is 1. The number of anilines is 1. The van der Waals surface area contributed by atoms with Gasteiger partial charge in [-0.3, -0.25) is 0 Å². The van der Waals surface area contributed by atoms with Crippen LogP contribution in [0.4, 0.5) is 10.2 Å². The van der Waals surface area contributed by atoms with Gasteiger partial charge in [0.15, 0.2) is 11.5 Å². The second kappa shape index (κ2) is 10.9. The number of halogens is 1. The fraction of sp³-hybridized carbons (Fsp3) is 0.571.